The van der Waals surface area contributed by atoms with Gasteiger partial charge in [-0.05, 0) is 48.0 Å². The summed E-state index contributed by atoms with van der Waals surface area (Å²) < 4.78 is 5.17. The number of methoxy groups -OCH3 is 1. The molecule has 0 fully saturated rings. The minimum atomic E-state index is 0.736. The van der Waals surface area contributed by atoms with Crippen LogP contribution < -0.4 is 4.74 Å². The van der Waals surface area contributed by atoms with E-state index in [1.165, 1.54) is 0 Å². The monoisotopic (exact) mass is 327 g/mol. The Bertz CT molecular complexity index is 793. The summed E-state index contributed by atoms with van der Waals surface area (Å²) in [5.74, 6) is 0.847. The van der Waals surface area contributed by atoms with Crippen LogP contribution in [0.15, 0.2) is 53.9 Å². The first-order chi connectivity index (χ1) is 10.7. The van der Waals surface area contributed by atoms with E-state index in [1.807, 2.05) is 60.7 Å². The molecule has 0 atom stereocenters. The summed E-state index contributed by atoms with van der Waals surface area (Å²) in [5, 5.41) is 3.76. The Hall–Kier alpha value is -2.10. The highest BCUT2D eigenvalue weighted by Crippen LogP contribution is 2.25. The Morgan fingerprint density at radius 3 is 2.64 bits per heavy atom. The summed E-state index contributed by atoms with van der Waals surface area (Å²) in [4.78, 5) is 4.63. The zero-order valence-corrected chi connectivity index (χ0v) is 13.6. The molecular formula is C18H14ClNOS. The van der Waals surface area contributed by atoms with Gasteiger partial charge < -0.3 is 4.74 Å². The fourth-order valence-electron chi connectivity index (χ4n) is 2.04. The Labute approximate surface area is 138 Å². The minimum Gasteiger partial charge on any atom is -0.497 e. The average molecular weight is 328 g/mol. The van der Waals surface area contributed by atoms with Gasteiger partial charge in [0.05, 0.1) is 12.8 Å². The molecule has 1 heterocycles. The van der Waals surface area contributed by atoms with Gasteiger partial charge in [-0.3, -0.25) is 0 Å². The largest absolute Gasteiger partial charge is 0.497 e. The fraction of sp³-hybridized carbons (Fsp3) is 0.0556. The van der Waals surface area contributed by atoms with Crippen LogP contribution in [-0.2, 0) is 0 Å². The highest BCUT2D eigenvalue weighted by atomic mass is 35.5. The maximum absolute atomic E-state index is 5.98. The number of thiazole rings is 1. The van der Waals surface area contributed by atoms with Crippen molar-refractivity contribution in [3.8, 4) is 17.0 Å². The van der Waals surface area contributed by atoms with Crippen LogP contribution in [-0.4, -0.2) is 12.1 Å². The van der Waals surface area contributed by atoms with Gasteiger partial charge in [-0.2, -0.15) is 0 Å². The van der Waals surface area contributed by atoms with E-state index in [4.69, 9.17) is 16.3 Å². The van der Waals surface area contributed by atoms with E-state index in [0.717, 1.165) is 32.6 Å². The first-order valence-corrected chi connectivity index (χ1v) is 8.04. The van der Waals surface area contributed by atoms with Gasteiger partial charge in [0.2, 0.25) is 0 Å². The third kappa shape index (κ3) is 3.56. The van der Waals surface area contributed by atoms with Crippen molar-refractivity contribution in [2.24, 2.45) is 0 Å². The highest BCUT2D eigenvalue weighted by molar-refractivity contribution is 7.10. The van der Waals surface area contributed by atoms with E-state index in [1.54, 1.807) is 18.4 Å². The molecule has 0 N–H and O–H groups in total. The van der Waals surface area contributed by atoms with Gasteiger partial charge in [0, 0.05) is 16.0 Å². The number of benzene rings is 2. The first-order valence-electron chi connectivity index (χ1n) is 6.78. The van der Waals surface area contributed by atoms with Crippen LogP contribution in [0.5, 0.6) is 5.75 Å². The molecule has 0 bridgehead atoms. The molecule has 22 heavy (non-hydrogen) atoms. The standard InChI is InChI=1S/C18H14ClNOS/c1-21-16-8-6-14(7-9-16)17-12-22-18(20-17)10-5-13-3-2-4-15(19)11-13/h2-12H,1H3. The van der Waals surface area contributed by atoms with Crippen LogP contribution in [0.1, 0.15) is 10.6 Å². The molecule has 110 valence electrons. The van der Waals surface area contributed by atoms with Crippen molar-refractivity contribution < 1.29 is 4.74 Å². The lowest BCUT2D eigenvalue weighted by atomic mass is 10.2. The van der Waals surface area contributed by atoms with Crippen molar-refractivity contribution in [1.82, 2.24) is 4.98 Å². The summed E-state index contributed by atoms with van der Waals surface area (Å²) in [6, 6.07) is 15.6. The number of hydrogen-bond donors (Lipinski definition) is 0. The zero-order valence-electron chi connectivity index (χ0n) is 12.0. The lowest BCUT2D eigenvalue weighted by Gasteiger charge is -2.00. The molecule has 0 aliphatic carbocycles. The van der Waals surface area contributed by atoms with Crippen LogP contribution >= 0.6 is 22.9 Å². The van der Waals surface area contributed by atoms with Gasteiger partial charge in [0.15, 0.2) is 0 Å². The minimum absolute atomic E-state index is 0.736. The number of halogens is 1. The van der Waals surface area contributed by atoms with Gasteiger partial charge in [0.25, 0.3) is 0 Å². The van der Waals surface area contributed by atoms with Crippen molar-refractivity contribution >= 4 is 35.1 Å². The Morgan fingerprint density at radius 1 is 1.09 bits per heavy atom. The van der Waals surface area contributed by atoms with E-state index < -0.39 is 0 Å². The smallest absolute Gasteiger partial charge is 0.118 e. The number of rotatable bonds is 4. The van der Waals surface area contributed by atoms with Crippen molar-refractivity contribution in [1.29, 1.82) is 0 Å². The second-order valence-electron chi connectivity index (χ2n) is 4.69. The van der Waals surface area contributed by atoms with Crippen molar-refractivity contribution in [2.45, 2.75) is 0 Å². The van der Waals surface area contributed by atoms with Crippen molar-refractivity contribution in [2.75, 3.05) is 7.11 Å². The van der Waals surface area contributed by atoms with Gasteiger partial charge in [-0.1, -0.05) is 29.8 Å². The maximum Gasteiger partial charge on any atom is 0.118 e. The molecule has 4 heteroatoms. The predicted octanol–water partition coefficient (Wildman–Crippen LogP) is 5.64. The molecule has 2 aromatic carbocycles. The molecule has 3 aromatic rings. The SMILES string of the molecule is COc1ccc(-c2csc(C=Cc3cccc(Cl)c3)n2)cc1. The van der Waals surface area contributed by atoms with Gasteiger partial charge in [-0.25, -0.2) is 4.98 Å². The van der Waals surface area contributed by atoms with Crippen LogP contribution in [0.4, 0.5) is 0 Å². The Morgan fingerprint density at radius 2 is 1.91 bits per heavy atom. The fourth-order valence-corrected chi connectivity index (χ4v) is 2.95. The van der Waals surface area contributed by atoms with Crippen LogP contribution in [0.2, 0.25) is 5.02 Å². The number of nitrogens with zero attached hydrogens (tertiary/aromatic N) is 1. The van der Waals surface area contributed by atoms with Crippen molar-refractivity contribution in [3.63, 3.8) is 0 Å². The Kier molecular flexibility index (Phi) is 4.56. The van der Waals surface area contributed by atoms with E-state index in [0.29, 0.717) is 0 Å². The molecular weight excluding hydrogens is 314 g/mol. The molecule has 0 unspecified atom stereocenters. The molecule has 0 saturated heterocycles. The normalized spacial score (nSPS) is 11.0. The quantitative estimate of drug-likeness (QED) is 0.618. The summed E-state index contributed by atoms with van der Waals surface area (Å²) in [7, 11) is 1.66. The topological polar surface area (TPSA) is 22.1 Å². The molecule has 0 saturated carbocycles. The number of aromatic nitrogens is 1. The summed E-state index contributed by atoms with van der Waals surface area (Å²) in [6.07, 6.45) is 4.02. The Balaban J connectivity index is 1.78. The molecule has 2 nitrogen and oxygen atoms in total. The van der Waals surface area contributed by atoms with E-state index in [-0.39, 0.29) is 0 Å². The second kappa shape index (κ2) is 6.77. The average Bonchev–Trinajstić information content (AvgIpc) is 3.02. The van der Waals surface area contributed by atoms with Crippen LogP contribution in [0.3, 0.4) is 0 Å². The first kappa shape index (κ1) is 14.8. The summed E-state index contributed by atoms with van der Waals surface area (Å²) >= 11 is 7.59. The molecule has 0 aliphatic rings. The molecule has 0 amide bonds. The third-order valence-corrected chi connectivity index (χ3v) is 4.22. The van der Waals surface area contributed by atoms with Crippen LogP contribution in [0.25, 0.3) is 23.4 Å². The zero-order chi connectivity index (χ0) is 15.4. The molecule has 3 rings (SSSR count). The third-order valence-electron chi connectivity index (χ3n) is 3.17. The summed E-state index contributed by atoms with van der Waals surface area (Å²) in [5.41, 5.74) is 3.12. The van der Waals surface area contributed by atoms with Crippen molar-refractivity contribution in [3.05, 3.63) is 69.5 Å². The molecule has 0 aliphatic heterocycles. The molecule has 0 spiro atoms. The van der Waals surface area contributed by atoms with Gasteiger partial charge >= 0.3 is 0 Å². The summed E-state index contributed by atoms with van der Waals surface area (Å²) in [6.45, 7) is 0. The van der Waals surface area contributed by atoms with Crippen LogP contribution in [0, 0.1) is 0 Å². The number of hydrogen-bond acceptors (Lipinski definition) is 3. The molecule has 1 aromatic heterocycles. The van der Waals surface area contributed by atoms with Gasteiger partial charge in [0.1, 0.15) is 10.8 Å². The highest BCUT2D eigenvalue weighted by Gasteiger charge is 2.03. The van der Waals surface area contributed by atoms with Gasteiger partial charge in [-0.15, -0.1) is 11.3 Å². The maximum atomic E-state index is 5.98. The second-order valence-corrected chi connectivity index (χ2v) is 6.01. The van der Waals surface area contributed by atoms with E-state index >= 15 is 0 Å². The lowest BCUT2D eigenvalue weighted by molar-refractivity contribution is 0.415. The predicted molar refractivity (Wildman–Crippen MR) is 94.5 cm³/mol. The molecule has 0 radical (unpaired) electrons. The lowest BCUT2D eigenvalue weighted by Crippen LogP contribution is -1.82. The number of ether oxygens (including phenoxy) is 1. The van der Waals surface area contributed by atoms with E-state index in [2.05, 4.69) is 10.4 Å². The van der Waals surface area contributed by atoms with E-state index in [9.17, 15) is 0 Å².